The minimum atomic E-state index is -4.76. The van der Waals surface area contributed by atoms with Gasteiger partial charge in [-0.25, -0.2) is 0 Å². The normalized spacial score (nSPS) is 26.3. The van der Waals surface area contributed by atoms with Gasteiger partial charge in [-0.15, -0.1) is 0 Å². The van der Waals surface area contributed by atoms with Gasteiger partial charge in [0.2, 0.25) is 70.9 Å². The van der Waals surface area contributed by atoms with E-state index in [2.05, 4.69) is 16.0 Å². The van der Waals surface area contributed by atoms with E-state index in [1.165, 1.54) is 84.8 Å². The van der Waals surface area contributed by atoms with Crippen LogP contribution in [-0.4, -0.2) is 265 Å². The summed E-state index contributed by atoms with van der Waals surface area (Å²) in [6.45, 7) is 9.85. The minimum absolute atomic E-state index is 0.0147. The van der Waals surface area contributed by atoms with E-state index < -0.39 is 173 Å². The molecule has 2 saturated carbocycles. The van der Waals surface area contributed by atoms with Crippen LogP contribution in [0.25, 0.3) is 0 Å². The lowest BCUT2D eigenvalue weighted by Gasteiger charge is -2.42. The standard InChI is InChI=1S/C70H108ClF3N12O13/c1-14-44(5)59-66(96)80(9)41-57(89)78(7)42-58(90)82(11)53(38-46-22-17-16-18-23-46)64(94)79(8)40-55(87)75-50(28-26-47-25-27-48(49(71)37-47)70(72,73)74)63(93)86-31-21-24-51(86)62(92)77-69(29-19-20-30-69)68(98)84(13)60(45(6)15-2)67(97)83(12)54(65(95)85-32-34-99-35-33-85)39-56(88)81(10)52(36-43(3)4)61(91)76-59/h25,27,37,43-46,50-54,59-60H,14-24,26,28-36,38-42H2,1-13H3,(H,75,87)(H,76,91)(H,77,92)/t44-,45-,50-,51-,52-,53-,54-,59-,60-/m0/s1. The third kappa shape index (κ3) is 20.6. The van der Waals surface area contributed by atoms with Crippen molar-refractivity contribution in [2.45, 2.75) is 211 Å². The maximum absolute atomic E-state index is 15.5. The SMILES string of the molecule is CC[C@H](C)[C@@H]1NC(=O)[C@H](CC(C)C)N(C)C(=O)C[C@@H](C(=O)N2CCOCC2)N(C)C(=O)[C@H]([C@@H](C)CC)N(C)C(=O)C2(CCCC2)NC(=O)[C@@H]2CCCN2C(=O)[C@H](CCc2ccc(C(F)(F)F)c(Cl)c2)NC(=O)CN(C)C(=O)[C@H](CC2CCCCC2)N(C)C(=O)CN(C)C(=O)CN(C)C1=O. The van der Waals surface area contributed by atoms with Crippen molar-refractivity contribution >= 4 is 82.5 Å². The van der Waals surface area contributed by atoms with E-state index in [1.54, 1.807) is 13.8 Å². The van der Waals surface area contributed by atoms with Gasteiger partial charge in [-0.1, -0.05) is 117 Å². The Morgan fingerprint density at radius 2 is 1.25 bits per heavy atom. The molecule has 0 bridgehead atoms. The van der Waals surface area contributed by atoms with E-state index in [9.17, 15) is 51.5 Å². The molecule has 6 rings (SSSR count). The Morgan fingerprint density at radius 1 is 0.646 bits per heavy atom. The fourth-order valence-electron chi connectivity index (χ4n) is 14.4. The topological polar surface area (TPSA) is 279 Å². The fraction of sp³-hybridized carbons (Fsp3) is 0.743. The van der Waals surface area contributed by atoms with Gasteiger partial charge >= 0.3 is 6.18 Å². The third-order valence-corrected chi connectivity index (χ3v) is 21.4. The molecule has 1 aromatic rings. The second kappa shape index (κ2) is 36.0. The Labute approximate surface area is 586 Å². The van der Waals surface area contributed by atoms with Crippen molar-refractivity contribution in [3.05, 3.63) is 34.3 Å². The average molecular weight is 1420 g/mol. The molecule has 554 valence electrons. The molecule has 25 nitrogen and oxygen atoms in total. The first kappa shape index (κ1) is 80.9. The first-order chi connectivity index (χ1) is 46.6. The van der Waals surface area contributed by atoms with E-state index in [1.807, 2.05) is 27.7 Å². The Hall–Kier alpha value is -7.10. The number of ether oxygens (including phenoxy) is 1. The first-order valence-corrected chi connectivity index (χ1v) is 35.7. The van der Waals surface area contributed by atoms with Gasteiger partial charge in [0.15, 0.2) is 0 Å². The van der Waals surface area contributed by atoms with Crippen molar-refractivity contribution in [1.82, 2.24) is 60.0 Å². The Kier molecular flexibility index (Phi) is 29.4. The summed E-state index contributed by atoms with van der Waals surface area (Å²) < 4.78 is 47.1. The molecule has 9 atom stereocenters. The van der Waals surface area contributed by atoms with Crippen molar-refractivity contribution in [3.8, 4) is 0 Å². The summed E-state index contributed by atoms with van der Waals surface area (Å²) >= 11 is 6.14. The van der Waals surface area contributed by atoms with Crippen molar-refractivity contribution in [2.24, 2.45) is 23.7 Å². The maximum atomic E-state index is 15.5. The Bertz CT molecular complexity index is 3070. The van der Waals surface area contributed by atoms with Crippen LogP contribution in [0.2, 0.25) is 5.02 Å². The molecule has 12 amide bonds. The predicted molar refractivity (Wildman–Crippen MR) is 363 cm³/mol. The molecule has 0 unspecified atom stereocenters. The molecule has 99 heavy (non-hydrogen) atoms. The maximum Gasteiger partial charge on any atom is 0.417 e. The molecular formula is C70H108ClF3N12O13. The number of benzene rings is 1. The molecule has 5 aliphatic rings. The zero-order chi connectivity index (χ0) is 73.5. The van der Waals surface area contributed by atoms with Crippen LogP contribution in [-0.2, 0) is 74.9 Å². The number of amides is 12. The van der Waals surface area contributed by atoms with Crippen molar-refractivity contribution < 1.29 is 75.4 Å². The number of rotatable bonds is 12. The lowest BCUT2D eigenvalue weighted by atomic mass is 9.84. The summed E-state index contributed by atoms with van der Waals surface area (Å²) in [4.78, 5) is 189. The van der Waals surface area contributed by atoms with Crippen molar-refractivity contribution in [2.75, 3.05) is 102 Å². The number of fused-ring (bicyclic) bond motifs is 1. The van der Waals surface area contributed by atoms with Crippen LogP contribution < -0.4 is 16.0 Å². The summed E-state index contributed by atoms with van der Waals surface area (Å²) in [6.07, 6.45) is 1.45. The van der Waals surface area contributed by atoms with Gasteiger partial charge in [0.1, 0.15) is 47.8 Å². The number of carbonyl (C=O) groups is 12. The zero-order valence-electron chi connectivity index (χ0n) is 60.3. The third-order valence-electron chi connectivity index (χ3n) is 21.1. The highest BCUT2D eigenvalue weighted by molar-refractivity contribution is 6.31. The smallest absolute Gasteiger partial charge is 0.378 e. The van der Waals surface area contributed by atoms with E-state index in [-0.39, 0.29) is 89.6 Å². The van der Waals surface area contributed by atoms with Crippen LogP contribution in [0.1, 0.15) is 162 Å². The summed E-state index contributed by atoms with van der Waals surface area (Å²) in [6, 6.07) is -5.79. The van der Waals surface area contributed by atoms with Crippen LogP contribution in [0.5, 0.6) is 0 Å². The zero-order valence-corrected chi connectivity index (χ0v) is 61.1. The Balaban J connectivity index is 1.43. The van der Waals surface area contributed by atoms with Crippen LogP contribution in [0.3, 0.4) is 0 Å². The summed E-state index contributed by atoms with van der Waals surface area (Å²) in [7, 11) is 9.80. The lowest BCUT2D eigenvalue weighted by molar-refractivity contribution is -0.157. The van der Waals surface area contributed by atoms with Gasteiger partial charge in [0.05, 0.1) is 49.9 Å². The molecule has 3 saturated heterocycles. The predicted octanol–water partition coefficient (Wildman–Crippen LogP) is 4.74. The van der Waals surface area contributed by atoms with Crippen molar-refractivity contribution in [1.29, 1.82) is 0 Å². The van der Waals surface area contributed by atoms with Gasteiger partial charge < -0.3 is 64.8 Å². The molecule has 1 aromatic carbocycles. The number of halogens is 4. The number of hydrogen-bond donors (Lipinski definition) is 3. The second-order valence-electron chi connectivity index (χ2n) is 28.7. The second-order valence-corrected chi connectivity index (χ2v) is 29.1. The molecule has 2 aliphatic carbocycles. The number of morpholine rings is 1. The molecule has 1 spiro atoms. The summed E-state index contributed by atoms with van der Waals surface area (Å²) in [5.41, 5.74) is -2.38. The fourth-order valence-corrected chi connectivity index (χ4v) is 14.7. The first-order valence-electron chi connectivity index (χ1n) is 35.3. The van der Waals surface area contributed by atoms with Gasteiger partial charge in [0, 0.05) is 69.0 Å². The molecule has 5 fully saturated rings. The largest absolute Gasteiger partial charge is 0.417 e. The highest BCUT2D eigenvalue weighted by atomic mass is 35.5. The van der Waals surface area contributed by atoms with E-state index in [4.69, 9.17) is 16.3 Å². The number of nitrogens with zero attached hydrogens (tertiary/aromatic N) is 9. The molecule has 3 aliphatic heterocycles. The number of hydrogen-bond acceptors (Lipinski definition) is 13. The molecular weight excluding hydrogens is 1310 g/mol. The number of aryl methyl sites for hydroxylation is 1. The number of nitrogens with one attached hydrogen (secondary N) is 3. The minimum Gasteiger partial charge on any atom is -0.378 e. The monoisotopic (exact) mass is 1420 g/mol. The molecule has 3 heterocycles. The molecule has 3 N–H and O–H groups in total. The molecule has 0 aromatic heterocycles. The van der Waals surface area contributed by atoms with E-state index in [0.29, 0.717) is 37.7 Å². The highest BCUT2D eigenvalue weighted by Crippen LogP contribution is 2.37. The average Bonchev–Trinajstić information content (AvgIpc) is 1.77. The van der Waals surface area contributed by atoms with Gasteiger partial charge in [-0.3, -0.25) is 57.5 Å². The van der Waals surface area contributed by atoms with Crippen LogP contribution >= 0.6 is 11.6 Å². The summed E-state index contributed by atoms with van der Waals surface area (Å²) in [5, 5.41) is 8.08. The summed E-state index contributed by atoms with van der Waals surface area (Å²) in [5.74, 6) is -9.31. The van der Waals surface area contributed by atoms with Gasteiger partial charge in [0.25, 0.3) is 0 Å². The van der Waals surface area contributed by atoms with E-state index in [0.717, 1.165) is 58.9 Å². The van der Waals surface area contributed by atoms with Crippen LogP contribution in [0.15, 0.2) is 18.2 Å². The number of carbonyl (C=O) groups excluding carboxylic acids is 12. The Morgan fingerprint density at radius 3 is 1.85 bits per heavy atom. The number of alkyl halides is 3. The van der Waals surface area contributed by atoms with Gasteiger partial charge in [-0.05, 0) is 92.7 Å². The molecule has 0 radical (unpaired) electrons. The van der Waals surface area contributed by atoms with E-state index >= 15 is 19.2 Å². The van der Waals surface area contributed by atoms with Crippen LogP contribution in [0.4, 0.5) is 13.2 Å². The quantitative estimate of drug-likeness (QED) is 0.256. The lowest BCUT2D eigenvalue weighted by Crippen LogP contribution is -2.65. The number of likely N-dealkylation sites (N-methyl/N-ethyl adjacent to an activating group) is 7. The van der Waals surface area contributed by atoms with Crippen molar-refractivity contribution in [3.63, 3.8) is 0 Å². The molecule has 29 heteroatoms. The van der Waals surface area contributed by atoms with Crippen LogP contribution in [0, 0.1) is 23.7 Å². The highest BCUT2D eigenvalue weighted by Gasteiger charge is 2.51. The van der Waals surface area contributed by atoms with Gasteiger partial charge in [-0.2, -0.15) is 13.2 Å².